The van der Waals surface area contributed by atoms with Gasteiger partial charge >= 0.3 is 0 Å². The summed E-state index contributed by atoms with van der Waals surface area (Å²) in [4.78, 5) is 4.15. The summed E-state index contributed by atoms with van der Waals surface area (Å²) in [6.07, 6.45) is 0. The second-order valence-corrected chi connectivity index (χ2v) is 3.93. The highest BCUT2D eigenvalue weighted by Crippen LogP contribution is 2.30. The minimum Gasteiger partial charge on any atom is -0.493 e. The first kappa shape index (κ1) is 12.5. The van der Waals surface area contributed by atoms with E-state index in [1.807, 2.05) is 30.3 Å². The van der Waals surface area contributed by atoms with Crippen molar-refractivity contribution in [3.05, 3.63) is 41.6 Å². The van der Waals surface area contributed by atoms with Crippen LogP contribution in [0.3, 0.4) is 0 Å². The fourth-order valence-electron chi connectivity index (χ4n) is 1.54. The van der Waals surface area contributed by atoms with E-state index in [4.69, 9.17) is 21.1 Å². The number of anilines is 2. The molecule has 0 saturated carbocycles. The summed E-state index contributed by atoms with van der Waals surface area (Å²) in [7, 11) is 3.20. The molecule has 0 unspecified atom stereocenters. The number of benzene rings is 1. The molecule has 1 aromatic heterocycles. The summed E-state index contributed by atoms with van der Waals surface area (Å²) >= 11 is 5.82. The third kappa shape index (κ3) is 2.84. The standard InChI is InChI=1S/C13H13ClN2O2/c1-17-10-7-6-9(8-11(10)18-2)15-13-5-3-4-12(14)16-13/h3-8H,1-2H3,(H,15,16). The molecular weight excluding hydrogens is 252 g/mol. The van der Waals surface area contributed by atoms with Crippen molar-refractivity contribution in [3.63, 3.8) is 0 Å². The summed E-state index contributed by atoms with van der Waals surface area (Å²) < 4.78 is 10.4. The molecule has 1 heterocycles. The molecule has 0 aliphatic heterocycles. The maximum Gasteiger partial charge on any atom is 0.162 e. The van der Waals surface area contributed by atoms with Gasteiger partial charge in [-0.3, -0.25) is 0 Å². The van der Waals surface area contributed by atoms with Crippen LogP contribution in [0.25, 0.3) is 0 Å². The van der Waals surface area contributed by atoms with E-state index in [0.29, 0.717) is 22.5 Å². The number of ether oxygens (including phenoxy) is 2. The maximum atomic E-state index is 5.82. The molecule has 0 radical (unpaired) electrons. The van der Waals surface area contributed by atoms with Crippen LogP contribution < -0.4 is 14.8 Å². The zero-order valence-corrected chi connectivity index (χ0v) is 10.9. The number of nitrogens with zero attached hydrogens (tertiary/aromatic N) is 1. The zero-order valence-electron chi connectivity index (χ0n) is 10.1. The van der Waals surface area contributed by atoms with Crippen LogP contribution in [0.5, 0.6) is 11.5 Å². The summed E-state index contributed by atoms with van der Waals surface area (Å²) in [5.74, 6) is 2.02. The third-order valence-electron chi connectivity index (χ3n) is 2.37. The van der Waals surface area contributed by atoms with Gasteiger partial charge in [-0.05, 0) is 24.3 Å². The van der Waals surface area contributed by atoms with Crippen LogP contribution in [0.15, 0.2) is 36.4 Å². The molecule has 0 spiro atoms. The number of aromatic nitrogens is 1. The van der Waals surface area contributed by atoms with Gasteiger partial charge in [0.2, 0.25) is 0 Å². The van der Waals surface area contributed by atoms with Crippen molar-refractivity contribution in [2.24, 2.45) is 0 Å². The molecule has 94 valence electrons. The van der Waals surface area contributed by atoms with Gasteiger partial charge < -0.3 is 14.8 Å². The number of halogens is 1. The number of methoxy groups -OCH3 is 2. The number of nitrogens with one attached hydrogen (secondary N) is 1. The van der Waals surface area contributed by atoms with Gasteiger partial charge in [-0.1, -0.05) is 17.7 Å². The maximum absolute atomic E-state index is 5.82. The second-order valence-electron chi connectivity index (χ2n) is 3.54. The first-order valence-corrected chi connectivity index (χ1v) is 5.72. The molecule has 0 aliphatic carbocycles. The highest BCUT2D eigenvalue weighted by atomic mass is 35.5. The van der Waals surface area contributed by atoms with Crippen molar-refractivity contribution in [1.82, 2.24) is 4.98 Å². The molecule has 1 aromatic carbocycles. The first-order valence-electron chi connectivity index (χ1n) is 5.34. The Balaban J connectivity index is 2.24. The van der Waals surface area contributed by atoms with Crippen LogP contribution in [0, 0.1) is 0 Å². The van der Waals surface area contributed by atoms with Gasteiger partial charge in [-0.15, -0.1) is 0 Å². The van der Waals surface area contributed by atoms with Crippen molar-refractivity contribution in [2.45, 2.75) is 0 Å². The molecule has 0 saturated heterocycles. The Hall–Kier alpha value is -1.94. The Kier molecular flexibility index (Phi) is 3.89. The predicted octanol–water partition coefficient (Wildman–Crippen LogP) is 3.50. The number of hydrogen-bond donors (Lipinski definition) is 1. The summed E-state index contributed by atoms with van der Waals surface area (Å²) in [5.41, 5.74) is 0.849. The largest absolute Gasteiger partial charge is 0.493 e. The van der Waals surface area contributed by atoms with E-state index in [0.717, 1.165) is 5.69 Å². The second kappa shape index (κ2) is 5.60. The minimum atomic E-state index is 0.445. The van der Waals surface area contributed by atoms with Crippen molar-refractivity contribution >= 4 is 23.1 Å². The lowest BCUT2D eigenvalue weighted by atomic mass is 10.2. The zero-order chi connectivity index (χ0) is 13.0. The lowest BCUT2D eigenvalue weighted by Gasteiger charge is -2.10. The molecule has 0 aliphatic rings. The monoisotopic (exact) mass is 264 g/mol. The first-order chi connectivity index (χ1) is 8.72. The van der Waals surface area contributed by atoms with E-state index in [2.05, 4.69) is 10.3 Å². The van der Waals surface area contributed by atoms with Crippen molar-refractivity contribution in [2.75, 3.05) is 19.5 Å². The van der Waals surface area contributed by atoms with E-state index in [1.54, 1.807) is 20.3 Å². The quantitative estimate of drug-likeness (QED) is 0.859. The average Bonchev–Trinajstić information content (AvgIpc) is 2.38. The fraction of sp³-hybridized carbons (Fsp3) is 0.154. The van der Waals surface area contributed by atoms with Crippen molar-refractivity contribution in [3.8, 4) is 11.5 Å². The van der Waals surface area contributed by atoms with Gasteiger partial charge in [-0.25, -0.2) is 4.98 Å². The Morgan fingerprint density at radius 1 is 1.06 bits per heavy atom. The molecule has 5 heteroatoms. The van der Waals surface area contributed by atoms with Crippen LogP contribution >= 0.6 is 11.6 Å². The Bertz CT molecular complexity index is 546. The topological polar surface area (TPSA) is 43.4 Å². The van der Waals surface area contributed by atoms with Crippen molar-refractivity contribution in [1.29, 1.82) is 0 Å². The van der Waals surface area contributed by atoms with Gasteiger partial charge in [0.05, 0.1) is 14.2 Å². The van der Waals surface area contributed by atoms with Crippen LogP contribution in [0.4, 0.5) is 11.5 Å². The molecule has 2 aromatic rings. The minimum absolute atomic E-state index is 0.445. The van der Waals surface area contributed by atoms with Crippen LogP contribution in [-0.2, 0) is 0 Å². The normalized spacial score (nSPS) is 9.94. The van der Waals surface area contributed by atoms with E-state index >= 15 is 0 Å². The molecule has 18 heavy (non-hydrogen) atoms. The molecule has 1 N–H and O–H groups in total. The van der Waals surface area contributed by atoms with Gasteiger partial charge in [-0.2, -0.15) is 0 Å². The van der Waals surface area contributed by atoms with E-state index < -0.39 is 0 Å². The van der Waals surface area contributed by atoms with Crippen LogP contribution in [0.2, 0.25) is 5.15 Å². The summed E-state index contributed by atoms with van der Waals surface area (Å²) in [5, 5.41) is 3.58. The molecule has 0 bridgehead atoms. The summed E-state index contributed by atoms with van der Waals surface area (Å²) in [6.45, 7) is 0. The van der Waals surface area contributed by atoms with Gasteiger partial charge in [0.15, 0.2) is 11.5 Å². The lowest BCUT2D eigenvalue weighted by Crippen LogP contribution is -1.95. The lowest BCUT2D eigenvalue weighted by molar-refractivity contribution is 0.355. The average molecular weight is 265 g/mol. The van der Waals surface area contributed by atoms with E-state index in [9.17, 15) is 0 Å². The van der Waals surface area contributed by atoms with Gasteiger partial charge in [0, 0.05) is 11.8 Å². The van der Waals surface area contributed by atoms with Crippen LogP contribution in [0.1, 0.15) is 0 Å². The number of hydrogen-bond acceptors (Lipinski definition) is 4. The number of pyridine rings is 1. The molecule has 0 fully saturated rings. The highest BCUT2D eigenvalue weighted by Gasteiger charge is 2.05. The highest BCUT2D eigenvalue weighted by molar-refractivity contribution is 6.29. The van der Waals surface area contributed by atoms with E-state index in [-0.39, 0.29) is 0 Å². The fourth-order valence-corrected chi connectivity index (χ4v) is 1.70. The molecule has 4 nitrogen and oxygen atoms in total. The SMILES string of the molecule is COc1ccc(Nc2cccc(Cl)n2)cc1OC. The van der Waals surface area contributed by atoms with Gasteiger partial charge in [0.25, 0.3) is 0 Å². The molecule has 0 atom stereocenters. The molecular formula is C13H13ClN2O2. The van der Waals surface area contributed by atoms with Crippen molar-refractivity contribution < 1.29 is 9.47 Å². The van der Waals surface area contributed by atoms with Gasteiger partial charge in [0.1, 0.15) is 11.0 Å². The molecule has 0 amide bonds. The number of rotatable bonds is 4. The molecule has 2 rings (SSSR count). The van der Waals surface area contributed by atoms with Crippen LogP contribution in [-0.4, -0.2) is 19.2 Å². The Morgan fingerprint density at radius 3 is 2.50 bits per heavy atom. The van der Waals surface area contributed by atoms with E-state index in [1.165, 1.54) is 0 Å². The summed E-state index contributed by atoms with van der Waals surface area (Å²) in [6, 6.07) is 10.9. The third-order valence-corrected chi connectivity index (χ3v) is 2.58. The predicted molar refractivity (Wildman–Crippen MR) is 72.1 cm³/mol. The smallest absolute Gasteiger partial charge is 0.162 e. The Morgan fingerprint density at radius 2 is 1.83 bits per heavy atom. The Labute approximate surface area is 111 Å².